The molecule has 0 spiro atoms. The van der Waals surface area contributed by atoms with Gasteiger partial charge in [-0.2, -0.15) is 0 Å². The van der Waals surface area contributed by atoms with E-state index in [-0.39, 0.29) is 29.5 Å². The molecule has 1 aromatic rings. The minimum absolute atomic E-state index is 0. The Kier molecular flexibility index (Phi) is 5.21. The van der Waals surface area contributed by atoms with Gasteiger partial charge in [-0.05, 0) is 17.7 Å². The van der Waals surface area contributed by atoms with Crippen LogP contribution in [0.5, 0.6) is 0 Å². The highest BCUT2D eigenvalue weighted by atomic mass is 35.5. The van der Waals surface area contributed by atoms with Gasteiger partial charge in [-0.15, -0.1) is 12.4 Å². The van der Waals surface area contributed by atoms with Crippen LogP contribution in [-0.4, -0.2) is 6.54 Å². The number of benzene rings is 1. The first-order chi connectivity index (χ1) is 5.65. The molecular formula is C8H9Cl2F2N. The van der Waals surface area contributed by atoms with E-state index >= 15 is 0 Å². The summed E-state index contributed by atoms with van der Waals surface area (Å²) in [5.74, 6) is -0.620. The SMILES string of the molecule is Cl.NCC(F)c1ccc(Cl)c(F)c1. The lowest BCUT2D eigenvalue weighted by atomic mass is 10.1. The molecule has 1 rings (SSSR count). The lowest BCUT2D eigenvalue weighted by Gasteiger charge is -2.05. The van der Waals surface area contributed by atoms with Gasteiger partial charge in [-0.25, -0.2) is 8.78 Å². The van der Waals surface area contributed by atoms with Crippen LogP contribution in [0.25, 0.3) is 0 Å². The molecule has 0 radical (unpaired) electrons. The van der Waals surface area contributed by atoms with E-state index in [4.69, 9.17) is 17.3 Å². The molecule has 13 heavy (non-hydrogen) atoms. The average Bonchev–Trinajstić information content (AvgIpc) is 2.08. The molecule has 0 aliphatic carbocycles. The van der Waals surface area contributed by atoms with Crippen molar-refractivity contribution in [1.29, 1.82) is 0 Å². The third-order valence-electron chi connectivity index (χ3n) is 1.51. The Balaban J connectivity index is 0.00000144. The Morgan fingerprint density at radius 2 is 2.08 bits per heavy atom. The Hall–Kier alpha value is -0.380. The van der Waals surface area contributed by atoms with Crippen LogP contribution in [0.15, 0.2) is 18.2 Å². The van der Waals surface area contributed by atoms with Crippen molar-refractivity contribution < 1.29 is 8.78 Å². The summed E-state index contributed by atoms with van der Waals surface area (Å²) in [4.78, 5) is 0. The molecule has 0 saturated carbocycles. The third-order valence-corrected chi connectivity index (χ3v) is 1.82. The van der Waals surface area contributed by atoms with E-state index < -0.39 is 12.0 Å². The Bertz CT molecular complexity index is 281. The maximum Gasteiger partial charge on any atom is 0.142 e. The van der Waals surface area contributed by atoms with Gasteiger partial charge in [0.05, 0.1) is 5.02 Å². The molecule has 1 aromatic carbocycles. The molecule has 2 N–H and O–H groups in total. The molecule has 0 aliphatic heterocycles. The third kappa shape index (κ3) is 3.10. The zero-order chi connectivity index (χ0) is 9.14. The second-order valence-electron chi connectivity index (χ2n) is 2.38. The van der Waals surface area contributed by atoms with Crippen molar-refractivity contribution in [3.63, 3.8) is 0 Å². The zero-order valence-corrected chi connectivity index (χ0v) is 8.21. The zero-order valence-electron chi connectivity index (χ0n) is 6.64. The molecule has 0 aliphatic rings. The average molecular weight is 228 g/mol. The second-order valence-corrected chi connectivity index (χ2v) is 2.78. The molecule has 0 fully saturated rings. The molecule has 1 unspecified atom stereocenters. The summed E-state index contributed by atoms with van der Waals surface area (Å²) in [6.45, 7) is -0.152. The second kappa shape index (κ2) is 5.37. The van der Waals surface area contributed by atoms with Crippen molar-refractivity contribution in [2.45, 2.75) is 6.17 Å². The van der Waals surface area contributed by atoms with Gasteiger partial charge in [-0.1, -0.05) is 17.7 Å². The predicted molar refractivity (Wildman–Crippen MR) is 51.6 cm³/mol. The van der Waals surface area contributed by atoms with Crippen molar-refractivity contribution in [3.8, 4) is 0 Å². The fraction of sp³-hybridized carbons (Fsp3) is 0.250. The van der Waals surface area contributed by atoms with Crippen molar-refractivity contribution in [2.24, 2.45) is 5.73 Å². The minimum Gasteiger partial charge on any atom is -0.327 e. The van der Waals surface area contributed by atoms with Gasteiger partial charge in [0.2, 0.25) is 0 Å². The summed E-state index contributed by atoms with van der Waals surface area (Å²) in [6.07, 6.45) is -1.32. The van der Waals surface area contributed by atoms with Crippen molar-refractivity contribution in [1.82, 2.24) is 0 Å². The molecule has 0 heterocycles. The summed E-state index contributed by atoms with van der Waals surface area (Å²) in [7, 11) is 0. The maximum absolute atomic E-state index is 12.8. The molecule has 0 saturated heterocycles. The van der Waals surface area contributed by atoms with Crippen LogP contribution in [0.2, 0.25) is 5.02 Å². The van der Waals surface area contributed by atoms with Crippen LogP contribution >= 0.6 is 24.0 Å². The van der Waals surface area contributed by atoms with Gasteiger partial charge in [-0.3, -0.25) is 0 Å². The fourth-order valence-corrected chi connectivity index (χ4v) is 0.961. The van der Waals surface area contributed by atoms with E-state index in [0.29, 0.717) is 0 Å². The molecule has 74 valence electrons. The lowest BCUT2D eigenvalue weighted by Crippen LogP contribution is -2.07. The highest BCUT2D eigenvalue weighted by molar-refractivity contribution is 6.30. The summed E-state index contributed by atoms with van der Waals surface area (Å²) >= 11 is 5.40. The van der Waals surface area contributed by atoms with Crippen LogP contribution in [0.4, 0.5) is 8.78 Å². The fourth-order valence-electron chi connectivity index (χ4n) is 0.843. The topological polar surface area (TPSA) is 26.0 Å². The smallest absolute Gasteiger partial charge is 0.142 e. The van der Waals surface area contributed by atoms with Crippen molar-refractivity contribution in [3.05, 3.63) is 34.6 Å². The highest BCUT2D eigenvalue weighted by Gasteiger charge is 2.09. The van der Waals surface area contributed by atoms with Crippen molar-refractivity contribution >= 4 is 24.0 Å². The first-order valence-corrected chi connectivity index (χ1v) is 3.82. The minimum atomic E-state index is -1.32. The summed E-state index contributed by atoms with van der Waals surface area (Å²) in [5.41, 5.74) is 5.28. The Morgan fingerprint density at radius 3 is 2.54 bits per heavy atom. The van der Waals surface area contributed by atoms with Gasteiger partial charge >= 0.3 is 0 Å². The summed E-state index contributed by atoms with van der Waals surface area (Å²) in [6, 6.07) is 3.79. The van der Waals surface area contributed by atoms with Crippen LogP contribution in [0.3, 0.4) is 0 Å². The Labute approximate surface area is 86.3 Å². The molecule has 0 bridgehead atoms. The van der Waals surface area contributed by atoms with Crippen LogP contribution < -0.4 is 5.73 Å². The van der Waals surface area contributed by atoms with E-state index in [9.17, 15) is 8.78 Å². The first kappa shape index (κ1) is 12.6. The molecule has 1 atom stereocenters. The van der Waals surface area contributed by atoms with Crippen LogP contribution in [0, 0.1) is 5.82 Å². The lowest BCUT2D eigenvalue weighted by molar-refractivity contribution is 0.351. The van der Waals surface area contributed by atoms with Gasteiger partial charge < -0.3 is 5.73 Å². The molecule has 0 aromatic heterocycles. The van der Waals surface area contributed by atoms with Crippen LogP contribution in [-0.2, 0) is 0 Å². The van der Waals surface area contributed by atoms with Gasteiger partial charge in [0.1, 0.15) is 12.0 Å². The van der Waals surface area contributed by atoms with E-state index in [0.717, 1.165) is 6.07 Å². The van der Waals surface area contributed by atoms with Crippen molar-refractivity contribution in [2.75, 3.05) is 6.54 Å². The number of nitrogens with two attached hydrogens (primary N) is 1. The number of hydrogen-bond acceptors (Lipinski definition) is 1. The Morgan fingerprint density at radius 1 is 1.46 bits per heavy atom. The maximum atomic E-state index is 12.8. The molecule has 1 nitrogen and oxygen atoms in total. The number of halogens is 4. The molecular weight excluding hydrogens is 219 g/mol. The van der Waals surface area contributed by atoms with E-state index in [1.165, 1.54) is 12.1 Å². The van der Waals surface area contributed by atoms with E-state index in [1.54, 1.807) is 0 Å². The standard InChI is InChI=1S/C8H8ClF2N.ClH/c9-6-2-1-5(3-7(6)10)8(11)4-12;/h1-3,8H,4,12H2;1H. The van der Waals surface area contributed by atoms with Gasteiger partial charge in [0, 0.05) is 6.54 Å². The summed E-state index contributed by atoms with van der Waals surface area (Å²) in [5, 5.41) is -0.0111. The summed E-state index contributed by atoms with van der Waals surface area (Å²) < 4.78 is 25.6. The van der Waals surface area contributed by atoms with Gasteiger partial charge in [0.25, 0.3) is 0 Å². The highest BCUT2D eigenvalue weighted by Crippen LogP contribution is 2.21. The molecule has 0 amide bonds. The monoisotopic (exact) mass is 227 g/mol. The number of alkyl halides is 1. The van der Waals surface area contributed by atoms with E-state index in [2.05, 4.69) is 0 Å². The van der Waals surface area contributed by atoms with Gasteiger partial charge in [0.15, 0.2) is 0 Å². The molecule has 5 heteroatoms. The quantitative estimate of drug-likeness (QED) is 0.827. The van der Waals surface area contributed by atoms with Crippen LogP contribution in [0.1, 0.15) is 11.7 Å². The number of hydrogen-bond donors (Lipinski definition) is 1. The predicted octanol–water partition coefficient (Wildman–Crippen LogP) is 2.87. The number of rotatable bonds is 2. The van der Waals surface area contributed by atoms with E-state index in [1.807, 2.05) is 0 Å². The first-order valence-electron chi connectivity index (χ1n) is 3.44. The largest absolute Gasteiger partial charge is 0.327 e. The normalized spacial score (nSPS) is 12.0.